The van der Waals surface area contributed by atoms with Crippen molar-refractivity contribution < 1.29 is 5.11 Å². The zero-order valence-corrected chi connectivity index (χ0v) is 7.17. The fraction of sp³-hybridized carbons (Fsp3) is 0.375. The van der Waals surface area contributed by atoms with Crippen LogP contribution in [-0.4, -0.2) is 23.2 Å². The van der Waals surface area contributed by atoms with Gasteiger partial charge in [-0.25, -0.2) is 0 Å². The first-order valence-electron chi connectivity index (χ1n) is 3.76. The van der Waals surface area contributed by atoms with Crippen molar-refractivity contribution in [2.24, 2.45) is 0 Å². The second kappa shape index (κ2) is 2.69. The van der Waals surface area contributed by atoms with Gasteiger partial charge in [0.15, 0.2) is 0 Å². The van der Waals surface area contributed by atoms with Gasteiger partial charge < -0.3 is 10.4 Å². The average Bonchev–Trinajstić information content (AvgIpc) is 2.01. The maximum Gasteiger partial charge on any atom is 0.133 e. The molecule has 3 nitrogen and oxygen atoms in total. The van der Waals surface area contributed by atoms with Crippen LogP contribution >= 0.6 is 11.6 Å². The van der Waals surface area contributed by atoms with E-state index < -0.39 is 5.60 Å². The maximum atomic E-state index is 9.85. The van der Waals surface area contributed by atoms with Gasteiger partial charge in [-0.05, 0) is 12.1 Å². The van der Waals surface area contributed by atoms with Crippen LogP contribution in [0.15, 0.2) is 18.3 Å². The Morgan fingerprint density at radius 3 is 2.83 bits per heavy atom. The number of halogens is 1. The molecule has 0 spiro atoms. The Bertz CT molecular complexity index is 299. The predicted octanol–water partition coefficient (Wildman–Crippen LogP) is 0.526. The molecule has 0 unspecified atom stereocenters. The number of aromatic nitrogens is 1. The molecule has 0 aromatic carbocycles. The molecule has 2 heterocycles. The van der Waals surface area contributed by atoms with Crippen molar-refractivity contribution in [3.05, 3.63) is 29.0 Å². The predicted molar refractivity (Wildman–Crippen MR) is 46.0 cm³/mol. The molecule has 1 fully saturated rings. The number of pyridine rings is 1. The molecule has 1 aliphatic rings. The van der Waals surface area contributed by atoms with E-state index in [1.54, 1.807) is 18.3 Å². The van der Waals surface area contributed by atoms with Crippen LogP contribution in [0.25, 0.3) is 0 Å². The van der Waals surface area contributed by atoms with Crippen LogP contribution in [0.1, 0.15) is 5.69 Å². The maximum absolute atomic E-state index is 9.85. The van der Waals surface area contributed by atoms with Crippen molar-refractivity contribution in [1.82, 2.24) is 10.3 Å². The molecular weight excluding hydrogens is 176 g/mol. The van der Waals surface area contributed by atoms with E-state index in [0.29, 0.717) is 23.8 Å². The van der Waals surface area contributed by atoms with Crippen molar-refractivity contribution in [1.29, 1.82) is 0 Å². The Hall–Kier alpha value is -0.640. The first kappa shape index (κ1) is 7.98. The molecule has 1 aromatic rings. The summed E-state index contributed by atoms with van der Waals surface area (Å²) in [6, 6.07) is 3.49. The molecule has 2 rings (SSSR count). The van der Waals surface area contributed by atoms with Gasteiger partial charge in [0.25, 0.3) is 0 Å². The Labute approximate surface area is 75.4 Å². The third-order valence-corrected chi connectivity index (χ3v) is 2.34. The van der Waals surface area contributed by atoms with E-state index >= 15 is 0 Å². The minimum atomic E-state index is -0.849. The van der Waals surface area contributed by atoms with Crippen LogP contribution < -0.4 is 5.32 Å². The Kier molecular flexibility index (Phi) is 1.79. The minimum absolute atomic E-state index is 0.529. The van der Waals surface area contributed by atoms with Crippen LogP contribution in [0.2, 0.25) is 5.02 Å². The number of nitrogens with one attached hydrogen (secondary N) is 1. The van der Waals surface area contributed by atoms with E-state index in [1.165, 1.54) is 0 Å². The molecule has 1 aliphatic heterocycles. The van der Waals surface area contributed by atoms with Crippen LogP contribution in [0.3, 0.4) is 0 Å². The third-order valence-electron chi connectivity index (χ3n) is 2.03. The second-order valence-corrected chi connectivity index (χ2v) is 3.38. The van der Waals surface area contributed by atoms with E-state index in [0.717, 1.165) is 0 Å². The van der Waals surface area contributed by atoms with Crippen molar-refractivity contribution in [2.45, 2.75) is 5.60 Å². The van der Waals surface area contributed by atoms with Crippen molar-refractivity contribution >= 4 is 11.6 Å². The highest BCUT2D eigenvalue weighted by Gasteiger charge is 2.38. The second-order valence-electron chi connectivity index (χ2n) is 2.97. The average molecular weight is 185 g/mol. The number of β-amino-alcohol motifs (C(OH)–C–C–N with tert-alkyl or cyclic N) is 1. The van der Waals surface area contributed by atoms with E-state index in [4.69, 9.17) is 11.6 Å². The SMILES string of the molecule is OC1(c2ncccc2Cl)CNC1. The molecular formula is C8H9ClN2O. The van der Waals surface area contributed by atoms with Crippen molar-refractivity contribution in [2.75, 3.05) is 13.1 Å². The molecule has 0 aliphatic carbocycles. The highest BCUT2D eigenvalue weighted by atomic mass is 35.5. The zero-order chi connectivity index (χ0) is 8.60. The number of nitrogens with zero attached hydrogens (tertiary/aromatic N) is 1. The summed E-state index contributed by atoms with van der Waals surface area (Å²) in [7, 11) is 0. The molecule has 0 saturated carbocycles. The fourth-order valence-corrected chi connectivity index (χ4v) is 1.55. The largest absolute Gasteiger partial charge is 0.381 e. The summed E-state index contributed by atoms with van der Waals surface area (Å²) in [4.78, 5) is 4.05. The van der Waals surface area contributed by atoms with Gasteiger partial charge in [0, 0.05) is 19.3 Å². The minimum Gasteiger partial charge on any atom is -0.381 e. The molecule has 12 heavy (non-hydrogen) atoms. The smallest absolute Gasteiger partial charge is 0.133 e. The summed E-state index contributed by atoms with van der Waals surface area (Å²) in [6.45, 7) is 1.06. The van der Waals surface area contributed by atoms with E-state index in [1.807, 2.05) is 0 Å². The van der Waals surface area contributed by atoms with Crippen molar-refractivity contribution in [3.8, 4) is 0 Å². The zero-order valence-electron chi connectivity index (χ0n) is 6.42. The van der Waals surface area contributed by atoms with Crippen LogP contribution in [0, 0.1) is 0 Å². The monoisotopic (exact) mass is 184 g/mol. The standard InChI is InChI=1S/C8H9ClN2O/c9-6-2-1-3-11-7(6)8(12)4-10-5-8/h1-3,10,12H,4-5H2. The Balaban J connectivity index is 2.39. The highest BCUT2D eigenvalue weighted by Crippen LogP contribution is 2.28. The lowest BCUT2D eigenvalue weighted by Crippen LogP contribution is -2.57. The molecule has 64 valence electrons. The molecule has 4 heteroatoms. The van der Waals surface area contributed by atoms with E-state index in [-0.39, 0.29) is 0 Å². The van der Waals surface area contributed by atoms with Gasteiger partial charge in [-0.1, -0.05) is 11.6 Å². The normalized spacial score (nSPS) is 20.2. The topological polar surface area (TPSA) is 45.2 Å². The third kappa shape index (κ3) is 1.10. The van der Waals surface area contributed by atoms with Gasteiger partial charge in [0.1, 0.15) is 5.60 Å². The van der Waals surface area contributed by atoms with Gasteiger partial charge in [-0.15, -0.1) is 0 Å². The highest BCUT2D eigenvalue weighted by molar-refractivity contribution is 6.31. The molecule has 0 atom stereocenters. The lowest BCUT2D eigenvalue weighted by atomic mass is 9.92. The van der Waals surface area contributed by atoms with Crippen LogP contribution in [-0.2, 0) is 5.60 Å². The van der Waals surface area contributed by atoms with Crippen molar-refractivity contribution in [3.63, 3.8) is 0 Å². The fourth-order valence-electron chi connectivity index (χ4n) is 1.26. The summed E-state index contributed by atoms with van der Waals surface area (Å²) < 4.78 is 0. The number of hydrogen-bond donors (Lipinski definition) is 2. The summed E-state index contributed by atoms with van der Waals surface area (Å²) >= 11 is 5.87. The van der Waals surface area contributed by atoms with Gasteiger partial charge >= 0.3 is 0 Å². The van der Waals surface area contributed by atoms with Gasteiger partial charge in [-0.2, -0.15) is 0 Å². The molecule has 1 saturated heterocycles. The van der Waals surface area contributed by atoms with Crippen LogP contribution in [0.4, 0.5) is 0 Å². The number of rotatable bonds is 1. The van der Waals surface area contributed by atoms with Gasteiger partial charge in [0.05, 0.1) is 10.7 Å². The summed E-state index contributed by atoms with van der Waals surface area (Å²) in [5.74, 6) is 0. The number of hydrogen-bond acceptors (Lipinski definition) is 3. The first-order valence-corrected chi connectivity index (χ1v) is 4.14. The lowest BCUT2D eigenvalue weighted by molar-refractivity contribution is -0.0184. The summed E-state index contributed by atoms with van der Waals surface area (Å²) in [5, 5.41) is 13.4. The van der Waals surface area contributed by atoms with Gasteiger partial charge in [-0.3, -0.25) is 4.98 Å². The van der Waals surface area contributed by atoms with E-state index in [2.05, 4.69) is 10.3 Å². The Morgan fingerprint density at radius 2 is 2.33 bits per heavy atom. The van der Waals surface area contributed by atoms with E-state index in [9.17, 15) is 5.11 Å². The summed E-state index contributed by atoms with van der Waals surface area (Å²) in [6.07, 6.45) is 1.64. The van der Waals surface area contributed by atoms with Gasteiger partial charge in [0.2, 0.25) is 0 Å². The summed E-state index contributed by atoms with van der Waals surface area (Å²) in [5.41, 5.74) is -0.274. The molecule has 1 aromatic heterocycles. The molecule has 0 amide bonds. The molecule has 0 bridgehead atoms. The molecule has 2 N–H and O–H groups in total. The quantitative estimate of drug-likeness (QED) is 0.669. The Morgan fingerprint density at radius 1 is 1.58 bits per heavy atom. The molecule has 0 radical (unpaired) electrons. The van der Waals surface area contributed by atoms with Crippen LogP contribution in [0.5, 0.6) is 0 Å². The first-order chi connectivity index (χ1) is 5.72. The lowest BCUT2D eigenvalue weighted by Gasteiger charge is -2.37. The number of aliphatic hydroxyl groups is 1.